The number of methoxy groups -OCH3 is 1. The van der Waals surface area contributed by atoms with Gasteiger partial charge in [-0.05, 0) is 27.1 Å². The number of rotatable bonds is 5. The van der Waals surface area contributed by atoms with E-state index in [9.17, 15) is 0 Å². The first-order valence-electron chi connectivity index (χ1n) is 6.68. The third-order valence-corrected chi connectivity index (χ3v) is 3.61. The number of likely N-dealkylation sites (N-methyl/N-ethyl adjacent to an activating group) is 1. The molecular weight excluding hydrogens is 240 g/mol. The van der Waals surface area contributed by atoms with Crippen LogP contribution in [0.2, 0.25) is 0 Å². The van der Waals surface area contributed by atoms with Crippen LogP contribution in [0.3, 0.4) is 0 Å². The van der Waals surface area contributed by atoms with Crippen LogP contribution in [0.4, 0.5) is 0 Å². The second kappa shape index (κ2) is 6.41. The molecule has 5 nitrogen and oxygen atoms in total. The summed E-state index contributed by atoms with van der Waals surface area (Å²) in [7, 11) is 7.77. The van der Waals surface area contributed by atoms with Crippen molar-refractivity contribution >= 4 is 0 Å². The highest BCUT2D eigenvalue weighted by Gasteiger charge is 2.15. The molecule has 0 N–H and O–H groups in total. The van der Waals surface area contributed by atoms with E-state index in [0.29, 0.717) is 6.04 Å². The molecular formula is C14H23N4O-. The number of fused-ring (bicyclic) bond motifs is 1. The van der Waals surface area contributed by atoms with Crippen LogP contribution in [0.15, 0.2) is 6.20 Å². The molecule has 1 aromatic heterocycles. The lowest BCUT2D eigenvalue weighted by molar-refractivity contribution is 0.110. The topological polar surface area (TPSA) is 41.5 Å². The van der Waals surface area contributed by atoms with Gasteiger partial charge in [0.1, 0.15) is 5.82 Å². The summed E-state index contributed by atoms with van der Waals surface area (Å²) in [4.78, 5) is 13.4. The number of ether oxygens (including phenoxy) is 1. The predicted octanol–water partition coefficient (Wildman–Crippen LogP) is 1.09. The van der Waals surface area contributed by atoms with Gasteiger partial charge >= 0.3 is 0 Å². The van der Waals surface area contributed by atoms with E-state index in [1.165, 1.54) is 11.3 Å². The first-order chi connectivity index (χ1) is 9.10. The Hall–Kier alpha value is -1.04. The SMILES string of the molecule is [CH2-]N1CCc2nc(CN(C)[C@@H](C)COC)ncc2C1. The zero-order chi connectivity index (χ0) is 13.8. The Morgan fingerprint density at radius 3 is 3.11 bits per heavy atom. The minimum absolute atomic E-state index is 0.361. The maximum atomic E-state index is 5.17. The van der Waals surface area contributed by atoms with Gasteiger partial charge in [0.2, 0.25) is 0 Å². The lowest BCUT2D eigenvalue weighted by Gasteiger charge is -2.31. The molecule has 1 aromatic rings. The van der Waals surface area contributed by atoms with Gasteiger partial charge in [-0.25, -0.2) is 9.97 Å². The van der Waals surface area contributed by atoms with Crippen LogP contribution in [0.1, 0.15) is 24.0 Å². The van der Waals surface area contributed by atoms with Gasteiger partial charge < -0.3 is 9.64 Å². The van der Waals surface area contributed by atoms with E-state index < -0.39 is 0 Å². The van der Waals surface area contributed by atoms with Crippen LogP contribution >= 0.6 is 0 Å². The summed E-state index contributed by atoms with van der Waals surface area (Å²) in [6, 6.07) is 0.361. The zero-order valence-corrected chi connectivity index (χ0v) is 12.1. The first-order valence-corrected chi connectivity index (χ1v) is 6.68. The molecule has 1 atom stereocenters. The highest BCUT2D eigenvalue weighted by molar-refractivity contribution is 5.20. The molecule has 0 fully saturated rings. The molecule has 1 aliphatic rings. The lowest BCUT2D eigenvalue weighted by atomic mass is 10.1. The maximum absolute atomic E-state index is 5.17. The molecule has 0 radical (unpaired) electrons. The molecule has 19 heavy (non-hydrogen) atoms. The number of hydrogen-bond acceptors (Lipinski definition) is 5. The van der Waals surface area contributed by atoms with Crippen LogP contribution in [0, 0.1) is 7.05 Å². The molecule has 2 rings (SSSR count). The minimum Gasteiger partial charge on any atom is -0.455 e. The van der Waals surface area contributed by atoms with Crippen LogP contribution in [-0.4, -0.2) is 53.1 Å². The molecule has 1 aliphatic heterocycles. The minimum atomic E-state index is 0.361. The molecule has 2 heterocycles. The van der Waals surface area contributed by atoms with Crippen molar-refractivity contribution in [3.63, 3.8) is 0 Å². The van der Waals surface area contributed by atoms with Crippen molar-refractivity contribution in [2.45, 2.75) is 32.5 Å². The summed E-state index contributed by atoms with van der Waals surface area (Å²) in [5.74, 6) is 0.890. The molecule has 0 aromatic carbocycles. The molecule has 0 aliphatic carbocycles. The van der Waals surface area contributed by atoms with Gasteiger partial charge in [-0.2, -0.15) is 0 Å². The predicted molar refractivity (Wildman–Crippen MR) is 74.3 cm³/mol. The fourth-order valence-corrected chi connectivity index (χ4v) is 2.24. The summed E-state index contributed by atoms with van der Waals surface area (Å²) in [5, 5.41) is 0. The van der Waals surface area contributed by atoms with E-state index >= 15 is 0 Å². The Labute approximate surface area is 115 Å². The molecule has 0 bridgehead atoms. The monoisotopic (exact) mass is 263 g/mol. The van der Waals surface area contributed by atoms with E-state index in [1.807, 2.05) is 6.20 Å². The Morgan fingerprint density at radius 2 is 2.37 bits per heavy atom. The van der Waals surface area contributed by atoms with E-state index in [0.717, 1.165) is 38.5 Å². The van der Waals surface area contributed by atoms with Crippen molar-refractivity contribution in [2.75, 3.05) is 27.3 Å². The smallest absolute Gasteiger partial charge is 0.142 e. The molecule has 0 saturated carbocycles. The molecule has 0 spiro atoms. The second-order valence-corrected chi connectivity index (χ2v) is 5.28. The summed E-state index contributed by atoms with van der Waals surface area (Å²) >= 11 is 0. The van der Waals surface area contributed by atoms with Gasteiger partial charge in [0.15, 0.2) is 0 Å². The number of nitrogens with zero attached hydrogens (tertiary/aromatic N) is 4. The van der Waals surface area contributed by atoms with Crippen molar-refractivity contribution in [3.8, 4) is 0 Å². The summed E-state index contributed by atoms with van der Waals surface area (Å²) in [6.07, 6.45) is 2.91. The summed E-state index contributed by atoms with van der Waals surface area (Å²) < 4.78 is 5.17. The summed E-state index contributed by atoms with van der Waals surface area (Å²) in [5.41, 5.74) is 2.38. The highest BCUT2D eigenvalue weighted by Crippen LogP contribution is 2.16. The Kier molecular flexibility index (Phi) is 4.85. The van der Waals surface area contributed by atoms with Crippen LogP contribution < -0.4 is 0 Å². The number of aromatic nitrogens is 2. The third kappa shape index (κ3) is 3.72. The van der Waals surface area contributed by atoms with Crippen LogP contribution in [0.5, 0.6) is 0 Å². The van der Waals surface area contributed by atoms with Crippen LogP contribution in [0.25, 0.3) is 0 Å². The number of hydrogen-bond donors (Lipinski definition) is 0. The van der Waals surface area contributed by atoms with Crippen molar-refractivity contribution < 1.29 is 4.74 Å². The first kappa shape index (κ1) is 14.4. The highest BCUT2D eigenvalue weighted by atomic mass is 16.5. The van der Waals surface area contributed by atoms with E-state index in [4.69, 9.17) is 4.74 Å². The van der Waals surface area contributed by atoms with Gasteiger partial charge in [-0.1, -0.05) is 0 Å². The van der Waals surface area contributed by atoms with Gasteiger partial charge in [0, 0.05) is 37.0 Å². The Morgan fingerprint density at radius 1 is 1.58 bits per heavy atom. The van der Waals surface area contributed by atoms with Crippen molar-refractivity contribution in [2.24, 2.45) is 0 Å². The molecule has 0 unspecified atom stereocenters. The normalized spacial score (nSPS) is 17.5. The Bertz CT molecular complexity index is 424. The standard InChI is InChI=1S/C14H23N4O/c1-11(10-19-4)18(3)9-14-15-7-12-8-17(2)6-5-13(12)16-14/h7,11H,2,5-6,8-10H2,1,3-4H3/q-1/t11-/m0/s1. The average molecular weight is 263 g/mol. The summed E-state index contributed by atoms with van der Waals surface area (Å²) in [6.45, 7) is 5.44. The van der Waals surface area contributed by atoms with Crippen molar-refractivity contribution in [1.82, 2.24) is 19.8 Å². The van der Waals surface area contributed by atoms with Gasteiger partial charge in [0.05, 0.1) is 13.2 Å². The van der Waals surface area contributed by atoms with E-state index in [2.05, 4.69) is 40.8 Å². The fourth-order valence-electron chi connectivity index (χ4n) is 2.24. The quantitative estimate of drug-likeness (QED) is 0.744. The van der Waals surface area contributed by atoms with Gasteiger partial charge in [0.25, 0.3) is 0 Å². The Balaban J connectivity index is 2.02. The van der Waals surface area contributed by atoms with Crippen molar-refractivity contribution in [3.05, 3.63) is 30.3 Å². The van der Waals surface area contributed by atoms with E-state index in [-0.39, 0.29) is 0 Å². The second-order valence-electron chi connectivity index (χ2n) is 5.28. The molecule has 5 heteroatoms. The fraction of sp³-hybridized carbons (Fsp3) is 0.643. The van der Waals surface area contributed by atoms with Gasteiger partial charge in [-0.3, -0.25) is 11.9 Å². The zero-order valence-electron chi connectivity index (χ0n) is 12.1. The van der Waals surface area contributed by atoms with E-state index in [1.54, 1.807) is 7.11 Å². The molecule has 0 amide bonds. The van der Waals surface area contributed by atoms with Gasteiger partial charge in [-0.15, -0.1) is 0 Å². The van der Waals surface area contributed by atoms with Crippen molar-refractivity contribution in [1.29, 1.82) is 0 Å². The molecule has 0 saturated heterocycles. The third-order valence-electron chi connectivity index (χ3n) is 3.61. The lowest BCUT2D eigenvalue weighted by Crippen LogP contribution is -2.33. The molecule has 106 valence electrons. The maximum Gasteiger partial charge on any atom is 0.142 e. The average Bonchev–Trinajstić information content (AvgIpc) is 2.39. The largest absolute Gasteiger partial charge is 0.455 e. The van der Waals surface area contributed by atoms with Crippen LogP contribution in [-0.2, 0) is 24.2 Å².